The molecule has 6 nitrogen and oxygen atoms in total. The summed E-state index contributed by atoms with van der Waals surface area (Å²) in [6.45, 7) is 9.32. The Morgan fingerprint density at radius 2 is 1.58 bits per heavy atom. The molecule has 0 amide bonds. The van der Waals surface area contributed by atoms with Crippen LogP contribution in [0.1, 0.15) is 41.6 Å². The summed E-state index contributed by atoms with van der Waals surface area (Å²) in [5.74, 6) is 0.429. The van der Waals surface area contributed by atoms with Crippen LogP contribution in [0.15, 0.2) is 97.1 Å². The number of rotatable bonds is 13. The molecule has 3 rings (SSSR count). The zero-order valence-corrected chi connectivity index (χ0v) is 22.1. The van der Waals surface area contributed by atoms with Crippen LogP contribution in [-0.2, 0) is 14.3 Å². The Kier molecular flexibility index (Phi) is 10.9. The van der Waals surface area contributed by atoms with E-state index >= 15 is 0 Å². The van der Waals surface area contributed by atoms with E-state index in [9.17, 15) is 14.4 Å². The number of thioether (sulfide) groups is 1. The summed E-state index contributed by atoms with van der Waals surface area (Å²) in [7, 11) is 0. The maximum absolute atomic E-state index is 12.7. The number of benzene rings is 3. The van der Waals surface area contributed by atoms with Gasteiger partial charge in [0, 0.05) is 23.0 Å². The summed E-state index contributed by atoms with van der Waals surface area (Å²) in [4.78, 5) is 36.1. The monoisotopic (exact) mass is 530 g/mol. The van der Waals surface area contributed by atoms with Crippen molar-refractivity contribution in [1.29, 1.82) is 0 Å². The fraction of sp³-hybridized carbons (Fsp3) is 0.194. The number of carbonyl (C=O) groups excluding carboxylic acids is 3. The first-order valence-corrected chi connectivity index (χ1v) is 13.0. The highest BCUT2D eigenvalue weighted by Gasteiger charge is 2.10. The molecule has 0 radical (unpaired) electrons. The Hall–Kier alpha value is -4.10. The average molecular weight is 531 g/mol. The molecule has 0 N–H and O–H groups in total. The Morgan fingerprint density at radius 1 is 0.868 bits per heavy atom. The Bertz CT molecular complexity index is 1280. The molecule has 0 atom stereocenters. The minimum Gasteiger partial charge on any atom is -0.493 e. The lowest BCUT2D eigenvalue weighted by atomic mass is 10.0. The lowest BCUT2D eigenvalue weighted by molar-refractivity contribution is -0.138. The van der Waals surface area contributed by atoms with E-state index in [1.807, 2.05) is 43.3 Å². The van der Waals surface area contributed by atoms with Gasteiger partial charge in [0.2, 0.25) is 5.12 Å². The molecule has 196 valence electrons. The van der Waals surface area contributed by atoms with Gasteiger partial charge in [0.1, 0.15) is 11.5 Å². The third-order valence-electron chi connectivity index (χ3n) is 5.55. The summed E-state index contributed by atoms with van der Waals surface area (Å²) < 4.78 is 15.7. The molecule has 0 aliphatic rings. The molecule has 0 heterocycles. The number of carbonyl (C=O) groups is 3. The van der Waals surface area contributed by atoms with E-state index in [0.717, 1.165) is 70.7 Å². The van der Waals surface area contributed by atoms with Gasteiger partial charge in [-0.1, -0.05) is 31.4 Å². The summed E-state index contributed by atoms with van der Waals surface area (Å²) in [5, 5.41) is -0.0788. The second-order valence-electron chi connectivity index (χ2n) is 8.36. The van der Waals surface area contributed by atoms with Crippen molar-refractivity contribution in [3.05, 3.63) is 103 Å². The van der Waals surface area contributed by atoms with E-state index in [2.05, 4.69) is 19.2 Å². The van der Waals surface area contributed by atoms with Crippen LogP contribution in [0, 0.1) is 6.92 Å². The lowest BCUT2D eigenvalue weighted by Gasteiger charge is -2.11. The van der Waals surface area contributed by atoms with Crippen molar-refractivity contribution in [1.82, 2.24) is 0 Å². The second-order valence-corrected chi connectivity index (χ2v) is 9.41. The summed E-state index contributed by atoms with van der Waals surface area (Å²) >= 11 is 1.11. The van der Waals surface area contributed by atoms with Crippen LogP contribution >= 0.6 is 11.8 Å². The molecule has 3 aromatic carbocycles. The minimum absolute atomic E-state index is 0.0788. The smallest absolute Gasteiger partial charge is 0.335 e. The third-order valence-corrected chi connectivity index (χ3v) is 6.47. The first-order chi connectivity index (χ1) is 18.4. The maximum Gasteiger partial charge on any atom is 0.335 e. The second kappa shape index (κ2) is 14.6. The van der Waals surface area contributed by atoms with E-state index in [1.165, 1.54) is 0 Å². The number of hydrogen-bond donors (Lipinski definition) is 0. The van der Waals surface area contributed by atoms with Crippen LogP contribution in [-0.4, -0.2) is 23.7 Å². The molecule has 0 unspecified atom stereocenters. The SMILES string of the molecule is C=COC(=O)CCCCCOc1ccc(-c2ccc(C(=O)Sc3ccc(OC(=O)C=C)cc3)cc2)cc1C. The fourth-order valence-electron chi connectivity index (χ4n) is 3.57. The summed E-state index contributed by atoms with van der Waals surface area (Å²) in [6.07, 6.45) is 5.11. The molecule has 0 aromatic heterocycles. The molecular weight excluding hydrogens is 500 g/mol. The topological polar surface area (TPSA) is 78.9 Å². The zero-order valence-electron chi connectivity index (χ0n) is 21.3. The maximum atomic E-state index is 12.7. The van der Waals surface area contributed by atoms with Crippen molar-refractivity contribution in [3.63, 3.8) is 0 Å². The number of aryl methyl sites for hydroxylation is 1. The number of unbranched alkanes of at least 4 members (excludes halogenated alkanes) is 2. The molecule has 0 bridgehead atoms. The van der Waals surface area contributed by atoms with Crippen molar-refractivity contribution in [2.24, 2.45) is 0 Å². The highest BCUT2D eigenvalue weighted by atomic mass is 32.2. The van der Waals surface area contributed by atoms with Gasteiger partial charge in [-0.25, -0.2) is 4.79 Å². The standard InChI is InChI=1S/C31H30O6S/c1-4-29(32)37-26-15-17-27(18-16-26)38-31(34)24-12-10-23(11-13-24)25-14-19-28(22(3)21-25)36-20-8-6-7-9-30(33)35-5-2/h4-5,10-19,21H,1-2,6-9,20H2,3H3. The molecule has 0 aliphatic carbocycles. The molecule has 0 aliphatic heterocycles. The molecule has 7 heteroatoms. The Balaban J connectivity index is 1.50. The summed E-state index contributed by atoms with van der Waals surface area (Å²) in [6, 6.07) is 20.2. The van der Waals surface area contributed by atoms with E-state index in [-0.39, 0.29) is 11.1 Å². The Labute approximate surface area is 227 Å². The number of esters is 2. The number of hydrogen-bond acceptors (Lipinski definition) is 7. The normalized spacial score (nSPS) is 10.3. The van der Waals surface area contributed by atoms with E-state index in [1.54, 1.807) is 24.3 Å². The largest absolute Gasteiger partial charge is 0.493 e. The van der Waals surface area contributed by atoms with Crippen molar-refractivity contribution in [2.45, 2.75) is 37.5 Å². The van der Waals surface area contributed by atoms with Crippen molar-refractivity contribution in [2.75, 3.05) is 6.61 Å². The third kappa shape index (κ3) is 8.78. The predicted octanol–water partition coefficient (Wildman–Crippen LogP) is 7.31. The quantitative estimate of drug-likeness (QED) is 0.0572. The van der Waals surface area contributed by atoms with E-state index < -0.39 is 5.97 Å². The van der Waals surface area contributed by atoms with Gasteiger partial charge in [0.25, 0.3) is 0 Å². The van der Waals surface area contributed by atoms with Crippen LogP contribution in [0.4, 0.5) is 0 Å². The predicted molar refractivity (Wildman–Crippen MR) is 149 cm³/mol. The van der Waals surface area contributed by atoms with Crippen LogP contribution in [0.25, 0.3) is 11.1 Å². The van der Waals surface area contributed by atoms with E-state index in [0.29, 0.717) is 24.3 Å². The minimum atomic E-state index is -0.532. The van der Waals surface area contributed by atoms with Gasteiger partial charge in [-0.15, -0.1) is 0 Å². The van der Waals surface area contributed by atoms with Gasteiger partial charge in [-0.05, 0) is 103 Å². The van der Waals surface area contributed by atoms with Crippen LogP contribution < -0.4 is 9.47 Å². The Morgan fingerprint density at radius 3 is 2.24 bits per heavy atom. The molecule has 0 saturated heterocycles. The van der Waals surface area contributed by atoms with Gasteiger partial charge in [0.05, 0.1) is 12.9 Å². The molecule has 0 spiro atoms. The van der Waals surface area contributed by atoms with Crippen molar-refractivity contribution in [3.8, 4) is 22.6 Å². The van der Waals surface area contributed by atoms with Gasteiger partial charge >= 0.3 is 11.9 Å². The van der Waals surface area contributed by atoms with Gasteiger partial charge < -0.3 is 14.2 Å². The average Bonchev–Trinajstić information content (AvgIpc) is 2.92. The van der Waals surface area contributed by atoms with Gasteiger partial charge in [-0.2, -0.15) is 0 Å². The van der Waals surface area contributed by atoms with Gasteiger partial charge in [-0.3, -0.25) is 9.59 Å². The molecule has 0 saturated carbocycles. The van der Waals surface area contributed by atoms with Crippen LogP contribution in [0.2, 0.25) is 0 Å². The van der Waals surface area contributed by atoms with Crippen molar-refractivity contribution < 1.29 is 28.6 Å². The van der Waals surface area contributed by atoms with Crippen LogP contribution in [0.5, 0.6) is 11.5 Å². The highest BCUT2D eigenvalue weighted by Crippen LogP contribution is 2.29. The van der Waals surface area contributed by atoms with E-state index in [4.69, 9.17) is 14.2 Å². The number of ether oxygens (including phenoxy) is 3. The first kappa shape index (κ1) is 28.5. The van der Waals surface area contributed by atoms with Crippen molar-refractivity contribution >= 4 is 28.8 Å². The molecule has 0 fully saturated rings. The highest BCUT2D eigenvalue weighted by molar-refractivity contribution is 8.14. The molecule has 38 heavy (non-hydrogen) atoms. The fourth-order valence-corrected chi connectivity index (χ4v) is 4.31. The molecule has 3 aromatic rings. The van der Waals surface area contributed by atoms with Crippen LogP contribution in [0.3, 0.4) is 0 Å². The van der Waals surface area contributed by atoms with Gasteiger partial charge in [0.15, 0.2) is 0 Å². The first-order valence-electron chi connectivity index (χ1n) is 12.2. The zero-order chi connectivity index (χ0) is 27.3. The molecular formula is C31H30O6S. The lowest BCUT2D eigenvalue weighted by Crippen LogP contribution is -2.02. The summed E-state index contributed by atoms with van der Waals surface area (Å²) in [5.41, 5.74) is 3.65.